The summed E-state index contributed by atoms with van der Waals surface area (Å²) < 4.78 is 23.8. The van der Waals surface area contributed by atoms with E-state index in [0.29, 0.717) is 22.9 Å². The minimum atomic E-state index is -0.570. The molecule has 1 aliphatic rings. The molecule has 26 heavy (non-hydrogen) atoms. The number of carbonyl (C=O) groups excluding carboxylic acids is 2. The van der Waals surface area contributed by atoms with Crippen molar-refractivity contribution in [1.82, 2.24) is 0 Å². The number of carbonyl (C=O) groups is 2. The van der Waals surface area contributed by atoms with E-state index in [1.54, 1.807) is 18.2 Å². The molecular formula is C18H16ClFN2O4. The molecule has 8 heteroatoms. The van der Waals surface area contributed by atoms with Crippen LogP contribution < -0.4 is 19.7 Å². The monoisotopic (exact) mass is 378 g/mol. The third-order valence-electron chi connectivity index (χ3n) is 3.81. The molecule has 1 N–H and O–H groups in total. The number of ether oxygens (including phenoxy) is 2. The van der Waals surface area contributed by atoms with Crippen molar-refractivity contribution in [2.45, 2.75) is 13.3 Å². The highest BCUT2D eigenvalue weighted by molar-refractivity contribution is 6.31. The van der Waals surface area contributed by atoms with E-state index in [0.717, 1.165) is 0 Å². The fraction of sp³-hybridized carbons (Fsp3) is 0.222. The molecule has 2 aromatic rings. The molecule has 6 nitrogen and oxygen atoms in total. The van der Waals surface area contributed by atoms with Gasteiger partial charge in [0.05, 0.1) is 5.02 Å². The summed E-state index contributed by atoms with van der Waals surface area (Å²) in [6.07, 6.45) is 0.0585. The van der Waals surface area contributed by atoms with Gasteiger partial charge < -0.3 is 19.7 Å². The maximum absolute atomic E-state index is 13.3. The quantitative estimate of drug-likeness (QED) is 0.863. The van der Waals surface area contributed by atoms with Crippen LogP contribution in [0.25, 0.3) is 0 Å². The second kappa shape index (κ2) is 7.61. The second-order valence-electron chi connectivity index (χ2n) is 5.64. The number of hydrogen-bond donors (Lipinski definition) is 1. The number of nitrogens with zero attached hydrogens (tertiary/aromatic N) is 1. The van der Waals surface area contributed by atoms with Gasteiger partial charge in [0.2, 0.25) is 18.6 Å². The average Bonchev–Trinajstić information content (AvgIpc) is 3.05. The lowest BCUT2D eigenvalue weighted by Gasteiger charge is -2.21. The molecule has 0 aliphatic carbocycles. The van der Waals surface area contributed by atoms with Crippen LogP contribution in [0.5, 0.6) is 11.5 Å². The lowest BCUT2D eigenvalue weighted by Crippen LogP contribution is -2.32. The molecule has 1 aliphatic heterocycles. The van der Waals surface area contributed by atoms with E-state index in [1.807, 2.05) is 0 Å². The number of anilines is 2. The molecule has 2 aromatic carbocycles. The van der Waals surface area contributed by atoms with E-state index in [2.05, 4.69) is 5.32 Å². The summed E-state index contributed by atoms with van der Waals surface area (Å²) in [6.45, 7) is 1.65. The molecule has 0 bridgehead atoms. The van der Waals surface area contributed by atoms with Crippen LogP contribution in [0.1, 0.15) is 13.3 Å². The summed E-state index contributed by atoms with van der Waals surface area (Å²) in [4.78, 5) is 25.4. The molecule has 0 aromatic heterocycles. The Morgan fingerprint density at radius 2 is 1.96 bits per heavy atom. The van der Waals surface area contributed by atoms with Crippen LogP contribution in [0.15, 0.2) is 36.4 Å². The number of hydrogen-bond acceptors (Lipinski definition) is 4. The summed E-state index contributed by atoms with van der Waals surface area (Å²) in [6, 6.07) is 9.06. The first-order chi connectivity index (χ1) is 12.4. The van der Waals surface area contributed by atoms with Gasteiger partial charge in [0, 0.05) is 37.3 Å². The van der Waals surface area contributed by atoms with Crippen molar-refractivity contribution >= 4 is 34.8 Å². The number of fused-ring (bicyclic) bond motifs is 1. The first kappa shape index (κ1) is 18.0. The van der Waals surface area contributed by atoms with E-state index in [1.165, 1.54) is 30.0 Å². The summed E-state index contributed by atoms with van der Waals surface area (Å²) in [5.74, 6) is 0.0689. The highest BCUT2D eigenvalue weighted by Gasteiger charge is 2.17. The van der Waals surface area contributed by atoms with E-state index >= 15 is 0 Å². The van der Waals surface area contributed by atoms with Gasteiger partial charge in [0.1, 0.15) is 5.82 Å². The van der Waals surface area contributed by atoms with Crippen molar-refractivity contribution < 1.29 is 23.5 Å². The highest BCUT2D eigenvalue weighted by atomic mass is 35.5. The minimum absolute atomic E-state index is 0.0585. The van der Waals surface area contributed by atoms with Gasteiger partial charge >= 0.3 is 0 Å². The number of benzene rings is 2. The van der Waals surface area contributed by atoms with Gasteiger partial charge in [-0.2, -0.15) is 0 Å². The molecule has 0 radical (unpaired) electrons. The Kier molecular flexibility index (Phi) is 5.27. The van der Waals surface area contributed by atoms with E-state index in [9.17, 15) is 14.0 Å². The topological polar surface area (TPSA) is 67.9 Å². The van der Waals surface area contributed by atoms with E-state index in [4.69, 9.17) is 21.1 Å². The smallest absolute Gasteiger partial charge is 0.231 e. The van der Waals surface area contributed by atoms with Crippen LogP contribution >= 0.6 is 11.6 Å². The zero-order valence-electron chi connectivity index (χ0n) is 13.9. The molecule has 0 unspecified atom stereocenters. The molecule has 0 fully saturated rings. The SMILES string of the molecule is CC(=O)N(CCC(=O)Nc1ccc2c(c1)OCO2)c1ccc(F)c(Cl)c1. The first-order valence-corrected chi connectivity index (χ1v) is 8.24. The fourth-order valence-electron chi connectivity index (χ4n) is 2.53. The van der Waals surface area contributed by atoms with Crippen LogP contribution in [-0.2, 0) is 9.59 Å². The van der Waals surface area contributed by atoms with Crippen LogP contribution in [0.2, 0.25) is 5.02 Å². The van der Waals surface area contributed by atoms with Crippen molar-refractivity contribution in [2.75, 3.05) is 23.6 Å². The Morgan fingerprint density at radius 1 is 1.19 bits per heavy atom. The molecule has 0 atom stereocenters. The second-order valence-corrected chi connectivity index (χ2v) is 6.04. The Balaban J connectivity index is 1.62. The Bertz CT molecular complexity index is 859. The predicted molar refractivity (Wildman–Crippen MR) is 95.2 cm³/mol. The Labute approximate surface area is 154 Å². The van der Waals surface area contributed by atoms with Crippen molar-refractivity contribution in [3.63, 3.8) is 0 Å². The van der Waals surface area contributed by atoms with Gasteiger partial charge in [-0.25, -0.2) is 4.39 Å². The normalized spacial score (nSPS) is 12.0. The molecule has 0 saturated heterocycles. The van der Waals surface area contributed by atoms with Crippen molar-refractivity contribution in [1.29, 1.82) is 0 Å². The van der Waals surface area contributed by atoms with Crippen LogP contribution in [0, 0.1) is 5.82 Å². The number of rotatable bonds is 5. The minimum Gasteiger partial charge on any atom is -0.454 e. The zero-order chi connectivity index (χ0) is 18.7. The molecule has 1 heterocycles. The first-order valence-electron chi connectivity index (χ1n) is 7.86. The molecule has 3 rings (SSSR count). The number of halogens is 2. The van der Waals surface area contributed by atoms with E-state index < -0.39 is 5.82 Å². The molecule has 136 valence electrons. The average molecular weight is 379 g/mol. The molecule has 0 saturated carbocycles. The largest absolute Gasteiger partial charge is 0.454 e. The summed E-state index contributed by atoms with van der Waals surface area (Å²) >= 11 is 5.76. The maximum atomic E-state index is 13.3. The van der Waals surface area contributed by atoms with Gasteiger partial charge in [-0.05, 0) is 30.3 Å². The lowest BCUT2D eigenvalue weighted by molar-refractivity contribution is -0.117. The fourth-order valence-corrected chi connectivity index (χ4v) is 2.71. The summed E-state index contributed by atoms with van der Waals surface area (Å²) in [5, 5.41) is 2.65. The predicted octanol–water partition coefficient (Wildman–Crippen LogP) is 3.59. The van der Waals surface area contributed by atoms with Gasteiger partial charge in [0.15, 0.2) is 11.5 Å². The highest BCUT2D eigenvalue weighted by Crippen LogP contribution is 2.34. The van der Waals surface area contributed by atoms with Gasteiger partial charge in [-0.3, -0.25) is 9.59 Å². The summed E-state index contributed by atoms with van der Waals surface area (Å²) in [7, 11) is 0. The van der Waals surface area contributed by atoms with Crippen molar-refractivity contribution in [3.8, 4) is 11.5 Å². The summed E-state index contributed by atoms with van der Waals surface area (Å²) in [5.41, 5.74) is 0.998. The number of amides is 2. The Morgan fingerprint density at radius 3 is 2.69 bits per heavy atom. The standard InChI is InChI=1S/C18H16ClFN2O4/c1-11(23)22(13-3-4-15(20)14(19)9-13)7-6-18(24)21-12-2-5-16-17(8-12)26-10-25-16/h2-5,8-9H,6-7,10H2,1H3,(H,21,24). The molecule has 2 amide bonds. The lowest BCUT2D eigenvalue weighted by atomic mass is 10.2. The van der Waals surface area contributed by atoms with Crippen LogP contribution in [-0.4, -0.2) is 25.2 Å². The van der Waals surface area contributed by atoms with Gasteiger partial charge in [-0.15, -0.1) is 0 Å². The number of nitrogens with one attached hydrogen (secondary N) is 1. The third kappa shape index (κ3) is 4.05. The maximum Gasteiger partial charge on any atom is 0.231 e. The van der Waals surface area contributed by atoms with Crippen molar-refractivity contribution in [2.24, 2.45) is 0 Å². The van der Waals surface area contributed by atoms with Gasteiger partial charge in [0.25, 0.3) is 0 Å². The van der Waals surface area contributed by atoms with Crippen LogP contribution in [0.3, 0.4) is 0 Å². The van der Waals surface area contributed by atoms with E-state index in [-0.39, 0.29) is 36.6 Å². The molecule has 0 spiro atoms. The molecular weight excluding hydrogens is 363 g/mol. The van der Waals surface area contributed by atoms with Gasteiger partial charge in [-0.1, -0.05) is 11.6 Å². The Hall–Kier alpha value is -2.80. The third-order valence-corrected chi connectivity index (χ3v) is 4.10. The zero-order valence-corrected chi connectivity index (χ0v) is 14.7. The van der Waals surface area contributed by atoms with Crippen molar-refractivity contribution in [3.05, 3.63) is 47.2 Å². The van der Waals surface area contributed by atoms with Crippen LogP contribution in [0.4, 0.5) is 15.8 Å².